The van der Waals surface area contributed by atoms with Crippen molar-refractivity contribution in [1.82, 2.24) is 24.6 Å². The van der Waals surface area contributed by atoms with E-state index in [-0.39, 0.29) is 44.6 Å². The Morgan fingerprint density at radius 1 is 1.28 bits per heavy atom. The van der Waals surface area contributed by atoms with Gasteiger partial charge in [-0.3, -0.25) is 4.79 Å². The van der Waals surface area contributed by atoms with Crippen LogP contribution in [0.4, 0.5) is 19.4 Å². The van der Waals surface area contributed by atoms with Crippen LogP contribution in [0.5, 0.6) is 0 Å². The highest BCUT2D eigenvalue weighted by molar-refractivity contribution is 6.04. The minimum Gasteiger partial charge on any atom is -0.447 e. The van der Waals surface area contributed by atoms with Gasteiger partial charge in [0.25, 0.3) is 5.91 Å². The first-order chi connectivity index (χ1) is 16.9. The number of fused-ring (bicyclic) bond motifs is 1. The lowest BCUT2D eigenvalue weighted by Gasteiger charge is -2.28. The first-order valence-electron chi connectivity index (χ1n) is 11.0. The zero-order valence-corrected chi connectivity index (χ0v) is 18.9. The van der Waals surface area contributed by atoms with Crippen molar-refractivity contribution in [3.05, 3.63) is 59.2 Å². The summed E-state index contributed by atoms with van der Waals surface area (Å²) in [5.41, 5.74) is 1.50. The summed E-state index contributed by atoms with van der Waals surface area (Å²) in [5, 5.41) is 19.9. The van der Waals surface area contributed by atoms with Crippen molar-refractivity contribution in [2.45, 2.75) is 33.4 Å². The maximum Gasteiger partial charge on any atom is 0.410 e. The van der Waals surface area contributed by atoms with E-state index in [1.165, 1.54) is 23.4 Å². The lowest BCUT2D eigenvalue weighted by Crippen LogP contribution is -2.37. The number of carbonyl (C=O) groups excluding carboxylic acids is 2. The fourth-order valence-electron chi connectivity index (χ4n) is 3.78. The van der Waals surface area contributed by atoms with Crippen LogP contribution in [-0.4, -0.2) is 68.2 Å². The molecule has 12 heteroatoms. The number of benzene rings is 1. The van der Waals surface area contributed by atoms with Gasteiger partial charge < -0.3 is 24.6 Å². The highest BCUT2D eigenvalue weighted by Crippen LogP contribution is 2.25. The van der Waals surface area contributed by atoms with Crippen LogP contribution < -0.4 is 5.32 Å². The molecule has 0 saturated heterocycles. The molecule has 0 radical (unpaired) electrons. The first-order valence-corrected chi connectivity index (χ1v) is 11.0. The van der Waals surface area contributed by atoms with Crippen molar-refractivity contribution in [3.8, 4) is 11.5 Å². The Labute approximate surface area is 206 Å². The number of carbonyl (C=O) groups is 2. The smallest absolute Gasteiger partial charge is 0.410 e. The highest BCUT2D eigenvalue weighted by atomic mass is 19.1. The summed E-state index contributed by atoms with van der Waals surface area (Å²) in [6, 6.07) is 7.30. The number of amides is 2. The van der Waals surface area contributed by atoms with Gasteiger partial charge in [0.1, 0.15) is 36.9 Å². The molecular weight excluding hydrogens is 474 g/mol. The number of halogens is 2. The van der Waals surface area contributed by atoms with E-state index in [1.54, 1.807) is 29.7 Å². The number of nitrogens with zero attached hydrogens (tertiary/aromatic N) is 5. The molecule has 1 atom stereocenters. The van der Waals surface area contributed by atoms with Crippen LogP contribution in [0.3, 0.4) is 0 Å². The molecule has 10 nitrogen and oxygen atoms in total. The summed E-state index contributed by atoms with van der Waals surface area (Å²) in [5.74, 6) is -0.825. The maximum atomic E-state index is 14.8. The molecule has 3 heterocycles. The summed E-state index contributed by atoms with van der Waals surface area (Å²) in [6.07, 6.45) is 1.20. The number of hydrogen-bond acceptors (Lipinski definition) is 7. The molecule has 0 bridgehead atoms. The number of aliphatic hydroxyl groups excluding tert-OH is 1. The van der Waals surface area contributed by atoms with Crippen LogP contribution in [0.1, 0.15) is 41.9 Å². The minimum atomic E-state index is -0.778. The summed E-state index contributed by atoms with van der Waals surface area (Å²) in [6.45, 7) is 0.983. The van der Waals surface area contributed by atoms with Crippen LogP contribution in [0.2, 0.25) is 0 Å². The van der Waals surface area contributed by atoms with Crippen molar-refractivity contribution in [1.29, 1.82) is 0 Å². The second kappa shape index (κ2) is 11.7. The molecule has 0 aliphatic carbocycles. The highest BCUT2D eigenvalue weighted by Gasteiger charge is 2.25. The van der Waals surface area contributed by atoms with E-state index >= 15 is 0 Å². The Morgan fingerprint density at radius 2 is 2.08 bits per heavy atom. The lowest BCUT2D eigenvalue weighted by atomic mass is 9.97. The molecular formula is C24H28F2N6O4. The van der Waals surface area contributed by atoms with E-state index in [2.05, 4.69) is 20.5 Å². The topological polar surface area (TPSA) is 122 Å². The Hall–Kier alpha value is -3.93. The Bertz CT molecular complexity index is 1240. The normalized spacial score (nSPS) is 13.4. The molecule has 0 fully saturated rings. The van der Waals surface area contributed by atoms with Crippen molar-refractivity contribution in [2.24, 2.45) is 0 Å². The predicted molar refractivity (Wildman–Crippen MR) is 128 cm³/mol. The van der Waals surface area contributed by atoms with Gasteiger partial charge in [-0.1, -0.05) is 13.5 Å². The fraction of sp³-hybridized carbons (Fsp3) is 0.375. The van der Waals surface area contributed by atoms with Gasteiger partial charge in [0, 0.05) is 13.1 Å². The van der Waals surface area contributed by atoms with E-state index in [0.29, 0.717) is 35.6 Å². The van der Waals surface area contributed by atoms with Crippen molar-refractivity contribution >= 4 is 17.8 Å². The third kappa shape index (κ3) is 5.65. The van der Waals surface area contributed by atoms with Crippen LogP contribution in [0, 0.1) is 5.82 Å². The number of aliphatic hydroxyl groups is 1. The summed E-state index contributed by atoms with van der Waals surface area (Å²) in [7, 11) is 0. The molecule has 0 unspecified atom stereocenters. The second-order valence-electron chi connectivity index (χ2n) is 8.03. The Kier molecular flexibility index (Phi) is 8.64. The van der Waals surface area contributed by atoms with Crippen molar-refractivity contribution in [3.63, 3.8) is 0 Å². The monoisotopic (exact) mass is 502 g/mol. The number of aromatic nitrogens is 4. The third-order valence-corrected chi connectivity index (χ3v) is 5.64. The van der Waals surface area contributed by atoms with Gasteiger partial charge in [0.15, 0.2) is 5.82 Å². The van der Waals surface area contributed by atoms with E-state index in [9.17, 15) is 23.5 Å². The number of pyridine rings is 1. The zero-order valence-electron chi connectivity index (χ0n) is 18.9. The van der Waals surface area contributed by atoms with Crippen molar-refractivity contribution in [2.75, 3.05) is 31.7 Å². The van der Waals surface area contributed by atoms with Gasteiger partial charge in [0.05, 0.1) is 18.2 Å². The fourth-order valence-corrected chi connectivity index (χ4v) is 3.78. The predicted octanol–water partition coefficient (Wildman–Crippen LogP) is 3.39. The maximum absolute atomic E-state index is 14.8. The van der Waals surface area contributed by atoms with Gasteiger partial charge in [-0.15, -0.1) is 10.2 Å². The molecule has 192 valence electrons. The Morgan fingerprint density at radius 3 is 2.83 bits per heavy atom. The average molecular weight is 503 g/mol. The number of anilines is 1. The average Bonchev–Trinajstić information content (AvgIpc) is 3.36. The summed E-state index contributed by atoms with van der Waals surface area (Å²) < 4.78 is 33.5. The SMILES string of the molecule is C.C[C@H](CO)n1cnnc1-c1cccc(NC(=O)c2cc3c(cc2F)CCN(C(=O)OCCF)C3)n1. The quantitative estimate of drug-likeness (QED) is 0.508. The molecule has 2 amide bonds. The molecule has 0 spiro atoms. The summed E-state index contributed by atoms with van der Waals surface area (Å²) in [4.78, 5) is 30.7. The largest absolute Gasteiger partial charge is 0.447 e. The second-order valence-corrected chi connectivity index (χ2v) is 8.03. The molecule has 4 rings (SSSR count). The molecule has 0 saturated carbocycles. The lowest BCUT2D eigenvalue weighted by molar-refractivity contribution is 0.0921. The zero-order chi connectivity index (χ0) is 24.9. The van der Waals surface area contributed by atoms with E-state index in [1.807, 2.05) is 0 Å². The van der Waals surface area contributed by atoms with Gasteiger partial charge in [0.2, 0.25) is 0 Å². The summed E-state index contributed by atoms with van der Waals surface area (Å²) >= 11 is 0. The number of nitrogens with one attached hydrogen (secondary N) is 1. The molecule has 2 aromatic heterocycles. The van der Waals surface area contributed by atoms with E-state index in [4.69, 9.17) is 4.74 Å². The molecule has 36 heavy (non-hydrogen) atoms. The van der Waals surface area contributed by atoms with E-state index < -0.39 is 24.5 Å². The van der Waals surface area contributed by atoms with Crippen LogP contribution in [0.25, 0.3) is 11.5 Å². The van der Waals surface area contributed by atoms with Gasteiger partial charge >= 0.3 is 6.09 Å². The molecule has 3 aromatic rings. The number of alkyl halides is 1. The van der Waals surface area contributed by atoms with Gasteiger partial charge in [-0.2, -0.15) is 0 Å². The standard InChI is InChI=1S/C23H24F2N6O4.CH4/c1-14(12-32)31-13-26-29-21(31)19-3-2-4-20(27-19)28-22(33)17-9-16-11-30(23(34)35-8-6-24)7-5-15(16)10-18(17)25;/h2-4,9-10,13-14,32H,5-8,11-12H2,1H3,(H,27,28,33);1H4/t14-;/m1./s1. The minimum absolute atomic E-state index is 0. The molecule has 1 aliphatic heterocycles. The molecule has 1 aliphatic rings. The number of rotatable bonds is 7. The van der Waals surface area contributed by atoms with Crippen molar-refractivity contribution < 1.29 is 28.2 Å². The van der Waals surface area contributed by atoms with Gasteiger partial charge in [-0.25, -0.2) is 18.6 Å². The number of hydrogen-bond donors (Lipinski definition) is 2. The number of ether oxygens (including phenoxy) is 1. The van der Waals surface area contributed by atoms with Crippen LogP contribution >= 0.6 is 0 Å². The third-order valence-electron chi connectivity index (χ3n) is 5.64. The van der Waals surface area contributed by atoms with E-state index in [0.717, 1.165) is 0 Å². The molecule has 1 aromatic carbocycles. The first kappa shape index (κ1) is 26.7. The van der Waals surface area contributed by atoms with Crippen LogP contribution in [-0.2, 0) is 17.7 Å². The van der Waals surface area contributed by atoms with Crippen LogP contribution in [0.15, 0.2) is 36.7 Å². The van der Waals surface area contributed by atoms with Gasteiger partial charge in [-0.05, 0) is 48.7 Å². The molecule has 2 N–H and O–H groups in total. The Balaban J connectivity index is 0.00000361.